The number of aromatic nitrogens is 3. The van der Waals surface area contributed by atoms with Gasteiger partial charge in [-0.25, -0.2) is 0 Å². The number of benzene rings is 1. The fourth-order valence-electron chi connectivity index (χ4n) is 3.63. The summed E-state index contributed by atoms with van der Waals surface area (Å²) in [6, 6.07) is 9.18. The van der Waals surface area contributed by atoms with Gasteiger partial charge in [0.05, 0.1) is 16.3 Å². The summed E-state index contributed by atoms with van der Waals surface area (Å²) < 4.78 is 40.5. The monoisotopic (exact) mass is 483 g/mol. The number of carbonyl (C=O) groups excluding carboxylic acids is 1. The van der Waals surface area contributed by atoms with Crippen LogP contribution in [0, 0.1) is 6.92 Å². The smallest absolute Gasteiger partial charge is 0.339 e. The van der Waals surface area contributed by atoms with Gasteiger partial charge in [0, 0.05) is 38.9 Å². The first-order chi connectivity index (χ1) is 15.2. The van der Waals surface area contributed by atoms with E-state index in [1.165, 1.54) is 15.5 Å². The van der Waals surface area contributed by atoms with Crippen LogP contribution in [0.5, 0.6) is 0 Å². The fraction of sp³-hybridized carbons (Fsp3) is 0.381. The van der Waals surface area contributed by atoms with E-state index in [1.54, 1.807) is 4.90 Å². The molecule has 0 N–H and O–H groups in total. The van der Waals surface area contributed by atoms with Crippen LogP contribution < -0.4 is 0 Å². The van der Waals surface area contributed by atoms with Gasteiger partial charge >= 0.3 is 6.18 Å². The third-order valence-electron chi connectivity index (χ3n) is 5.29. The standard InChI is InChI=1S/C21H21ClF3N5OS/c1-14-3-2-4-15(9-14)11-28-5-7-29(8-6-28)18(31)13-32-20-27-26-19-17(22)10-16(12-30(19)20)21(23,24)25/h2-4,9-10,12H,5-8,11,13H2,1H3. The van der Waals surface area contributed by atoms with Gasteiger partial charge in [-0.3, -0.25) is 14.1 Å². The minimum atomic E-state index is -4.54. The first-order valence-electron chi connectivity index (χ1n) is 10.0. The summed E-state index contributed by atoms with van der Waals surface area (Å²) in [4.78, 5) is 16.7. The number of halogens is 4. The Bertz CT molecular complexity index is 1130. The highest BCUT2D eigenvalue weighted by Crippen LogP contribution is 2.33. The number of carbonyl (C=O) groups is 1. The molecule has 0 unspecified atom stereocenters. The molecule has 0 atom stereocenters. The van der Waals surface area contributed by atoms with Gasteiger partial charge < -0.3 is 4.90 Å². The average molecular weight is 484 g/mol. The lowest BCUT2D eigenvalue weighted by Gasteiger charge is -2.34. The van der Waals surface area contributed by atoms with Gasteiger partial charge in [-0.2, -0.15) is 13.2 Å². The average Bonchev–Trinajstić information content (AvgIpc) is 3.16. The van der Waals surface area contributed by atoms with Crippen LogP contribution in [0.3, 0.4) is 0 Å². The summed E-state index contributed by atoms with van der Waals surface area (Å²) in [5.74, 6) is -0.0213. The van der Waals surface area contributed by atoms with Gasteiger partial charge in [0.2, 0.25) is 5.91 Å². The molecule has 0 aliphatic carbocycles. The number of fused-ring (bicyclic) bond motifs is 1. The second-order valence-electron chi connectivity index (χ2n) is 7.69. The number of alkyl halides is 3. The third-order valence-corrected chi connectivity index (χ3v) is 6.50. The Hall–Kier alpha value is -2.30. The van der Waals surface area contributed by atoms with Crippen molar-refractivity contribution in [1.29, 1.82) is 0 Å². The largest absolute Gasteiger partial charge is 0.417 e. The minimum absolute atomic E-state index is 0.0620. The van der Waals surface area contributed by atoms with Gasteiger partial charge in [0.15, 0.2) is 10.8 Å². The predicted molar refractivity (Wildman–Crippen MR) is 117 cm³/mol. The number of hydrogen-bond acceptors (Lipinski definition) is 5. The molecule has 1 fully saturated rings. The van der Waals surface area contributed by atoms with Gasteiger partial charge in [-0.1, -0.05) is 53.2 Å². The van der Waals surface area contributed by atoms with Gasteiger partial charge in [0.25, 0.3) is 0 Å². The number of thioether (sulfide) groups is 1. The molecule has 1 amide bonds. The first-order valence-corrected chi connectivity index (χ1v) is 11.4. The zero-order chi connectivity index (χ0) is 22.9. The maximum atomic E-state index is 13.1. The number of pyridine rings is 1. The van der Waals surface area contributed by atoms with E-state index in [0.717, 1.165) is 43.7 Å². The van der Waals surface area contributed by atoms with Crippen LogP contribution >= 0.6 is 23.4 Å². The summed E-state index contributed by atoms with van der Waals surface area (Å²) in [5, 5.41) is 7.81. The second-order valence-corrected chi connectivity index (χ2v) is 9.04. The van der Waals surface area contributed by atoms with Gasteiger partial charge in [-0.15, -0.1) is 10.2 Å². The van der Waals surface area contributed by atoms with Crippen LogP contribution in [0.4, 0.5) is 13.2 Å². The van der Waals surface area contributed by atoms with Crippen molar-refractivity contribution in [3.05, 3.63) is 58.2 Å². The van der Waals surface area contributed by atoms with Crippen molar-refractivity contribution in [2.75, 3.05) is 31.9 Å². The lowest BCUT2D eigenvalue weighted by molar-refractivity contribution is -0.138. The van der Waals surface area contributed by atoms with E-state index in [1.807, 2.05) is 6.07 Å². The van der Waals surface area contributed by atoms with Crippen molar-refractivity contribution in [3.63, 3.8) is 0 Å². The second kappa shape index (κ2) is 9.29. The summed E-state index contributed by atoms with van der Waals surface area (Å²) in [7, 11) is 0. The van der Waals surface area contributed by atoms with E-state index in [9.17, 15) is 18.0 Å². The van der Waals surface area contributed by atoms with Crippen LogP contribution in [0.1, 0.15) is 16.7 Å². The first kappa shape index (κ1) is 22.9. The highest BCUT2D eigenvalue weighted by Gasteiger charge is 2.32. The summed E-state index contributed by atoms with van der Waals surface area (Å²) >= 11 is 6.98. The number of aryl methyl sites for hydroxylation is 1. The Morgan fingerprint density at radius 3 is 2.59 bits per heavy atom. The molecule has 170 valence electrons. The Kier molecular flexibility index (Phi) is 6.64. The normalized spacial score (nSPS) is 15.5. The SMILES string of the molecule is Cc1cccc(CN2CCN(C(=O)CSc3nnc4c(Cl)cc(C(F)(F)F)cn34)CC2)c1. The molecule has 0 radical (unpaired) electrons. The molecular weight excluding hydrogens is 463 g/mol. The number of nitrogens with zero attached hydrogens (tertiary/aromatic N) is 5. The van der Waals surface area contributed by atoms with Crippen molar-refractivity contribution >= 4 is 34.9 Å². The van der Waals surface area contributed by atoms with E-state index in [0.29, 0.717) is 13.1 Å². The predicted octanol–water partition coefficient (Wildman–Crippen LogP) is 4.15. The molecule has 1 saturated heterocycles. The zero-order valence-electron chi connectivity index (χ0n) is 17.3. The molecule has 3 heterocycles. The maximum Gasteiger partial charge on any atom is 0.417 e. The number of rotatable bonds is 5. The molecule has 32 heavy (non-hydrogen) atoms. The van der Waals surface area contributed by atoms with Crippen molar-refractivity contribution in [3.8, 4) is 0 Å². The van der Waals surface area contributed by atoms with Crippen LogP contribution in [0.25, 0.3) is 5.65 Å². The topological polar surface area (TPSA) is 53.7 Å². The fourth-order valence-corrected chi connectivity index (χ4v) is 4.69. The zero-order valence-corrected chi connectivity index (χ0v) is 18.8. The molecule has 1 aliphatic heterocycles. The number of piperazine rings is 1. The highest BCUT2D eigenvalue weighted by atomic mass is 35.5. The molecular formula is C21H21ClF3N5OS. The van der Waals surface area contributed by atoms with Crippen LogP contribution in [-0.4, -0.2) is 62.2 Å². The van der Waals surface area contributed by atoms with Crippen LogP contribution in [-0.2, 0) is 17.5 Å². The van der Waals surface area contributed by atoms with Crippen LogP contribution in [0.15, 0.2) is 41.7 Å². The van der Waals surface area contributed by atoms with E-state index >= 15 is 0 Å². The molecule has 0 saturated carbocycles. The lowest BCUT2D eigenvalue weighted by Crippen LogP contribution is -2.48. The Labute approximate surface area is 192 Å². The van der Waals surface area contributed by atoms with E-state index in [-0.39, 0.29) is 27.5 Å². The summed E-state index contributed by atoms with van der Waals surface area (Å²) in [5.41, 5.74) is 1.70. The summed E-state index contributed by atoms with van der Waals surface area (Å²) in [6.45, 7) is 5.65. The Morgan fingerprint density at radius 1 is 1.16 bits per heavy atom. The van der Waals surface area contributed by atoms with E-state index in [2.05, 4.69) is 40.2 Å². The molecule has 0 bridgehead atoms. The van der Waals surface area contributed by atoms with E-state index < -0.39 is 11.7 Å². The van der Waals surface area contributed by atoms with Gasteiger partial charge in [-0.05, 0) is 18.6 Å². The number of hydrogen-bond donors (Lipinski definition) is 0. The Balaban J connectivity index is 1.34. The quantitative estimate of drug-likeness (QED) is 0.510. The molecule has 1 aromatic carbocycles. The summed E-state index contributed by atoms with van der Waals surface area (Å²) in [6.07, 6.45) is -3.64. The van der Waals surface area contributed by atoms with Crippen molar-refractivity contribution < 1.29 is 18.0 Å². The molecule has 6 nitrogen and oxygen atoms in total. The molecule has 3 aromatic rings. The third kappa shape index (κ3) is 5.19. The van der Waals surface area contributed by atoms with E-state index in [4.69, 9.17) is 11.6 Å². The molecule has 0 spiro atoms. The molecule has 1 aliphatic rings. The molecule has 4 rings (SSSR count). The van der Waals surface area contributed by atoms with Crippen molar-refractivity contribution in [2.45, 2.75) is 24.8 Å². The Morgan fingerprint density at radius 2 is 1.91 bits per heavy atom. The van der Waals surface area contributed by atoms with Gasteiger partial charge in [0.1, 0.15) is 0 Å². The lowest BCUT2D eigenvalue weighted by atomic mass is 10.1. The number of amides is 1. The highest BCUT2D eigenvalue weighted by molar-refractivity contribution is 7.99. The maximum absolute atomic E-state index is 13.1. The minimum Gasteiger partial charge on any atom is -0.339 e. The van der Waals surface area contributed by atoms with Crippen molar-refractivity contribution in [1.82, 2.24) is 24.4 Å². The molecule has 2 aromatic heterocycles. The van der Waals surface area contributed by atoms with Crippen molar-refractivity contribution in [2.24, 2.45) is 0 Å². The van der Waals surface area contributed by atoms with Crippen LogP contribution in [0.2, 0.25) is 5.02 Å². The molecule has 11 heteroatoms.